The molecule has 1 N–H and O–H groups in total. The molecule has 1 atom stereocenters. The molecule has 1 aromatic rings. The molecule has 0 saturated carbocycles. The Hall–Kier alpha value is -2.32. The van der Waals surface area contributed by atoms with E-state index in [0.29, 0.717) is 30.3 Å². The van der Waals surface area contributed by atoms with Gasteiger partial charge < -0.3 is 24.4 Å². The lowest BCUT2D eigenvalue weighted by Gasteiger charge is -2.28. The Morgan fingerprint density at radius 3 is 2.81 bits per heavy atom. The molecular formula is C18H23N3O5. The summed E-state index contributed by atoms with van der Waals surface area (Å²) in [5.41, 5.74) is 0.651. The molecule has 2 amide bonds. The van der Waals surface area contributed by atoms with E-state index in [1.165, 1.54) is 0 Å². The molecule has 2 saturated heterocycles. The van der Waals surface area contributed by atoms with Crippen molar-refractivity contribution in [3.8, 4) is 11.5 Å². The number of benzene rings is 1. The minimum atomic E-state index is -0.322. The number of amides is 2. The van der Waals surface area contributed by atoms with Gasteiger partial charge in [-0.1, -0.05) is 0 Å². The number of rotatable bonds is 5. The van der Waals surface area contributed by atoms with Crippen LogP contribution in [0.25, 0.3) is 0 Å². The second kappa shape index (κ2) is 7.51. The minimum absolute atomic E-state index is 0.0455. The van der Waals surface area contributed by atoms with Gasteiger partial charge in [0, 0.05) is 50.9 Å². The lowest BCUT2D eigenvalue weighted by Crippen LogP contribution is -2.42. The third-order valence-electron chi connectivity index (χ3n) is 5.02. The second-order valence-corrected chi connectivity index (χ2v) is 6.75. The highest BCUT2D eigenvalue weighted by Crippen LogP contribution is 2.34. The van der Waals surface area contributed by atoms with Gasteiger partial charge in [-0.3, -0.25) is 14.5 Å². The van der Waals surface area contributed by atoms with Crippen molar-refractivity contribution < 1.29 is 23.8 Å². The fraction of sp³-hybridized carbons (Fsp3) is 0.556. The van der Waals surface area contributed by atoms with Gasteiger partial charge in [0.25, 0.3) is 0 Å². The van der Waals surface area contributed by atoms with Crippen LogP contribution in [0.5, 0.6) is 11.5 Å². The van der Waals surface area contributed by atoms with Crippen molar-refractivity contribution in [1.82, 2.24) is 9.80 Å². The van der Waals surface area contributed by atoms with Crippen LogP contribution in [-0.4, -0.2) is 74.3 Å². The zero-order valence-electron chi connectivity index (χ0n) is 14.6. The lowest BCUT2D eigenvalue weighted by molar-refractivity contribution is -0.128. The number of likely N-dealkylation sites (tertiary alicyclic amines) is 1. The summed E-state index contributed by atoms with van der Waals surface area (Å²) in [6.07, 6.45) is 0.263. The van der Waals surface area contributed by atoms with E-state index in [4.69, 9.17) is 14.2 Å². The summed E-state index contributed by atoms with van der Waals surface area (Å²) in [5.74, 6) is 0.888. The number of ether oxygens (including phenoxy) is 3. The molecule has 0 spiro atoms. The summed E-state index contributed by atoms with van der Waals surface area (Å²) in [5, 5.41) is 2.88. The zero-order chi connectivity index (χ0) is 17.9. The fourth-order valence-electron chi connectivity index (χ4n) is 3.47. The number of hydrogen-bond donors (Lipinski definition) is 1. The van der Waals surface area contributed by atoms with Crippen LogP contribution in [0.15, 0.2) is 18.2 Å². The predicted octanol–water partition coefficient (Wildman–Crippen LogP) is 0.535. The third kappa shape index (κ3) is 3.76. The van der Waals surface area contributed by atoms with E-state index >= 15 is 0 Å². The van der Waals surface area contributed by atoms with E-state index in [0.717, 1.165) is 32.8 Å². The van der Waals surface area contributed by atoms with E-state index in [9.17, 15) is 9.59 Å². The maximum Gasteiger partial charge on any atom is 0.231 e. The lowest BCUT2D eigenvalue weighted by atomic mass is 10.1. The van der Waals surface area contributed by atoms with E-state index in [1.807, 2.05) is 0 Å². The molecule has 2 fully saturated rings. The smallest absolute Gasteiger partial charge is 0.231 e. The molecule has 4 rings (SSSR count). The van der Waals surface area contributed by atoms with Crippen LogP contribution in [-0.2, 0) is 14.3 Å². The van der Waals surface area contributed by atoms with Crippen molar-refractivity contribution in [2.24, 2.45) is 5.92 Å². The third-order valence-corrected chi connectivity index (χ3v) is 5.02. The number of nitrogens with one attached hydrogen (secondary N) is 1. The Morgan fingerprint density at radius 1 is 1.15 bits per heavy atom. The number of hydrogen-bond acceptors (Lipinski definition) is 6. The normalized spacial score (nSPS) is 22.7. The molecule has 8 heteroatoms. The van der Waals surface area contributed by atoms with Crippen LogP contribution < -0.4 is 14.8 Å². The van der Waals surface area contributed by atoms with E-state index in [1.54, 1.807) is 23.1 Å². The van der Waals surface area contributed by atoms with Gasteiger partial charge in [0.05, 0.1) is 19.1 Å². The van der Waals surface area contributed by atoms with Gasteiger partial charge in [-0.15, -0.1) is 0 Å². The van der Waals surface area contributed by atoms with Crippen molar-refractivity contribution in [1.29, 1.82) is 0 Å². The Labute approximate surface area is 152 Å². The number of fused-ring (bicyclic) bond motifs is 1. The quantitative estimate of drug-likeness (QED) is 0.824. The first-order chi connectivity index (χ1) is 12.7. The van der Waals surface area contributed by atoms with Crippen LogP contribution >= 0.6 is 0 Å². The SMILES string of the molecule is O=C(Nc1ccc2c(c1)OCO2)C1CC(=O)N(CCN2CCOCC2)C1. The first-order valence-electron chi connectivity index (χ1n) is 8.97. The molecular weight excluding hydrogens is 338 g/mol. The molecule has 0 aliphatic carbocycles. The number of nitrogens with zero attached hydrogens (tertiary/aromatic N) is 2. The maximum absolute atomic E-state index is 12.5. The van der Waals surface area contributed by atoms with E-state index in [2.05, 4.69) is 10.2 Å². The molecule has 3 aliphatic heterocycles. The molecule has 0 radical (unpaired) electrons. The molecule has 0 bridgehead atoms. The second-order valence-electron chi connectivity index (χ2n) is 6.75. The molecule has 3 aliphatic rings. The molecule has 1 unspecified atom stereocenters. The fourth-order valence-corrected chi connectivity index (χ4v) is 3.47. The molecule has 140 valence electrons. The van der Waals surface area contributed by atoms with Gasteiger partial charge in [-0.05, 0) is 12.1 Å². The molecule has 3 heterocycles. The van der Waals surface area contributed by atoms with E-state index < -0.39 is 0 Å². The maximum atomic E-state index is 12.5. The average Bonchev–Trinajstić information content (AvgIpc) is 3.27. The number of carbonyl (C=O) groups is 2. The molecule has 0 aromatic heterocycles. The Bertz CT molecular complexity index is 689. The Balaban J connectivity index is 1.29. The summed E-state index contributed by atoms with van der Waals surface area (Å²) in [6, 6.07) is 5.29. The first kappa shape index (κ1) is 17.1. The molecule has 8 nitrogen and oxygen atoms in total. The van der Waals surface area contributed by atoms with Crippen molar-refractivity contribution >= 4 is 17.5 Å². The van der Waals surface area contributed by atoms with Crippen LogP contribution in [0.4, 0.5) is 5.69 Å². The molecule has 1 aromatic carbocycles. The number of carbonyl (C=O) groups excluding carboxylic acids is 2. The highest BCUT2D eigenvalue weighted by Gasteiger charge is 2.34. The van der Waals surface area contributed by atoms with Crippen LogP contribution in [0.2, 0.25) is 0 Å². The first-order valence-corrected chi connectivity index (χ1v) is 8.97. The summed E-state index contributed by atoms with van der Waals surface area (Å²) in [4.78, 5) is 28.8. The number of anilines is 1. The molecule has 26 heavy (non-hydrogen) atoms. The zero-order valence-corrected chi connectivity index (χ0v) is 14.6. The van der Waals surface area contributed by atoms with Crippen molar-refractivity contribution in [2.45, 2.75) is 6.42 Å². The summed E-state index contributed by atoms with van der Waals surface area (Å²) in [7, 11) is 0. The Kier molecular flexibility index (Phi) is 4.94. The summed E-state index contributed by atoms with van der Waals surface area (Å²) >= 11 is 0. The monoisotopic (exact) mass is 361 g/mol. The van der Waals surface area contributed by atoms with Gasteiger partial charge in [-0.2, -0.15) is 0 Å². The Morgan fingerprint density at radius 2 is 1.96 bits per heavy atom. The van der Waals surface area contributed by atoms with Crippen molar-refractivity contribution in [3.63, 3.8) is 0 Å². The van der Waals surface area contributed by atoms with Crippen molar-refractivity contribution in [3.05, 3.63) is 18.2 Å². The van der Waals surface area contributed by atoms with Gasteiger partial charge in [-0.25, -0.2) is 0 Å². The summed E-state index contributed by atoms with van der Waals surface area (Å²) < 4.78 is 15.9. The van der Waals surface area contributed by atoms with Crippen LogP contribution in [0.1, 0.15) is 6.42 Å². The highest BCUT2D eigenvalue weighted by atomic mass is 16.7. The minimum Gasteiger partial charge on any atom is -0.454 e. The van der Waals surface area contributed by atoms with Gasteiger partial charge in [0.15, 0.2) is 11.5 Å². The van der Waals surface area contributed by atoms with Gasteiger partial charge in [0.2, 0.25) is 18.6 Å². The van der Waals surface area contributed by atoms with Gasteiger partial charge >= 0.3 is 0 Å². The number of morpholine rings is 1. The average molecular weight is 361 g/mol. The van der Waals surface area contributed by atoms with Crippen LogP contribution in [0.3, 0.4) is 0 Å². The van der Waals surface area contributed by atoms with Crippen molar-refractivity contribution in [2.75, 3.05) is 58.0 Å². The largest absolute Gasteiger partial charge is 0.454 e. The highest BCUT2D eigenvalue weighted by molar-refractivity contribution is 5.97. The van der Waals surface area contributed by atoms with Crippen LogP contribution in [0, 0.1) is 5.92 Å². The topological polar surface area (TPSA) is 80.3 Å². The predicted molar refractivity (Wildman–Crippen MR) is 93.1 cm³/mol. The van der Waals surface area contributed by atoms with E-state index in [-0.39, 0.29) is 30.9 Å². The standard InChI is InChI=1S/C18H23N3O5/c22-17-9-13(11-21(17)4-3-20-5-7-24-8-6-20)18(23)19-14-1-2-15-16(10-14)26-12-25-15/h1-2,10,13H,3-9,11-12H2,(H,19,23). The summed E-state index contributed by atoms with van der Waals surface area (Å²) in [6.45, 7) is 5.44. The van der Waals surface area contributed by atoms with Gasteiger partial charge in [0.1, 0.15) is 0 Å².